The van der Waals surface area contributed by atoms with Crippen LogP contribution >= 0.6 is 11.1 Å². The molecule has 1 rings (SSSR count). The maximum absolute atomic E-state index is 6.23. The molecule has 0 radical (unpaired) electrons. The van der Waals surface area contributed by atoms with Crippen molar-refractivity contribution in [2.45, 2.75) is 25.6 Å². The van der Waals surface area contributed by atoms with Gasteiger partial charge in [-0.3, -0.25) is 0 Å². The molecular weight excluding hydrogens is 236 g/mol. The van der Waals surface area contributed by atoms with Crippen molar-refractivity contribution >= 4 is 24.5 Å². The Morgan fingerprint density at radius 1 is 1.31 bits per heavy atom. The number of hydrogen-bond donors (Lipinski definition) is 0. The van der Waals surface area contributed by atoms with Crippen LogP contribution in [0.3, 0.4) is 0 Å². The Labute approximate surface area is 104 Å². The van der Waals surface area contributed by atoms with E-state index in [-0.39, 0.29) is 0 Å². The lowest BCUT2D eigenvalue weighted by Crippen LogP contribution is -2.16. The zero-order chi connectivity index (χ0) is 12.0. The predicted molar refractivity (Wildman–Crippen MR) is 74.8 cm³/mol. The van der Waals surface area contributed by atoms with Gasteiger partial charge in [0, 0.05) is 0 Å². The molecule has 0 amide bonds. The van der Waals surface area contributed by atoms with Crippen molar-refractivity contribution in [3.63, 3.8) is 0 Å². The number of ether oxygens (including phenoxy) is 1. The summed E-state index contributed by atoms with van der Waals surface area (Å²) in [6, 6.07) is 9.05. The van der Waals surface area contributed by atoms with Crippen LogP contribution in [-0.4, -0.2) is 14.0 Å². The lowest BCUT2D eigenvalue weighted by Gasteiger charge is -2.12. The van der Waals surface area contributed by atoms with E-state index in [0.29, 0.717) is 0 Å². The van der Waals surface area contributed by atoms with Crippen molar-refractivity contribution in [1.82, 2.24) is 0 Å². The fraction of sp³-hybridized carbons (Fsp3) is 0.385. The van der Waals surface area contributed by atoms with E-state index in [1.807, 2.05) is 30.3 Å². The van der Waals surface area contributed by atoms with E-state index in [4.69, 9.17) is 15.8 Å². The number of halogens is 1. The summed E-state index contributed by atoms with van der Waals surface area (Å²) in [6.45, 7) is 8.78. The zero-order valence-corrected chi connectivity index (χ0v) is 11.8. The quantitative estimate of drug-likeness (QED) is 0.411. The summed E-state index contributed by atoms with van der Waals surface area (Å²) in [6.07, 6.45) is 2.86. The van der Waals surface area contributed by atoms with E-state index in [2.05, 4.69) is 19.7 Å². The molecule has 3 heteroatoms. The van der Waals surface area contributed by atoms with Crippen molar-refractivity contribution in [3.05, 3.63) is 36.4 Å². The van der Waals surface area contributed by atoms with Gasteiger partial charge < -0.3 is 4.74 Å². The second-order valence-corrected chi connectivity index (χ2v) is 11.5. The molecule has 0 unspecified atom stereocenters. The van der Waals surface area contributed by atoms with Gasteiger partial charge in [-0.05, 0) is 30.2 Å². The van der Waals surface area contributed by atoms with E-state index in [1.165, 1.54) is 0 Å². The van der Waals surface area contributed by atoms with Gasteiger partial charge in [0.15, 0.2) is 7.38 Å². The van der Waals surface area contributed by atoms with Crippen LogP contribution in [-0.2, 0) is 0 Å². The van der Waals surface area contributed by atoms with Crippen LogP contribution in [0, 0.1) is 0 Å². The summed E-state index contributed by atoms with van der Waals surface area (Å²) in [4.78, 5) is 0. The summed E-state index contributed by atoms with van der Waals surface area (Å²) < 4.78 is 5.63. The molecule has 0 fully saturated rings. The van der Waals surface area contributed by atoms with E-state index in [0.717, 1.165) is 30.4 Å². The van der Waals surface area contributed by atoms with Crippen molar-refractivity contribution in [2.24, 2.45) is 0 Å². The SMILES string of the molecule is C=Cc1ccc(OCCC[Si](C)(C)Cl)cc1. The highest BCUT2D eigenvalue weighted by Gasteiger charge is 2.15. The van der Waals surface area contributed by atoms with Crippen molar-refractivity contribution in [2.75, 3.05) is 6.61 Å². The van der Waals surface area contributed by atoms with Crippen LogP contribution in [0.4, 0.5) is 0 Å². The normalized spacial score (nSPS) is 11.2. The maximum atomic E-state index is 6.23. The molecule has 16 heavy (non-hydrogen) atoms. The molecule has 88 valence electrons. The number of benzene rings is 1. The monoisotopic (exact) mass is 254 g/mol. The van der Waals surface area contributed by atoms with Gasteiger partial charge in [-0.25, -0.2) is 0 Å². The van der Waals surface area contributed by atoms with E-state index < -0.39 is 7.38 Å². The first-order chi connectivity index (χ1) is 7.51. The summed E-state index contributed by atoms with van der Waals surface area (Å²) in [5, 5.41) is 0. The standard InChI is InChI=1S/C13H19ClOSi/c1-4-12-6-8-13(9-7-12)15-10-5-11-16(2,3)14/h4,6-9H,1,5,10-11H2,2-3H3. The average Bonchev–Trinajstić information content (AvgIpc) is 2.24. The van der Waals surface area contributed by atoms with E-state index >= 15 is 0 Å². The van der Waals surface area contributed by atoms with E-state index in [9.17, 15) is 0 Å². The molecule has 0 N–H and O–H groups in total. The summed E-state index contributed by atoms with van der Waals surface area (Å²) >= 11 is 6.23. The molecule has 0 saturated carbocycles. The Hall–Kier alpha value is -0.733. The van der Waals surface area contributed by atoms with Crippen LogP contribution in [0.1, 0.15) is 12.0 Å². The molecule has 0 atom stereocenters. The molecule has 0 saturated heterocycles. The first kappa shape index (κ1) is 13.3. The lowest BCUT2D eigenvalue weighted by molar-refractivity contribution is 0.317. The zero-order valence-electron chi connectivity index (χ0n) is 10.0. The van der Waals surface area contributed by atoms with Gasteiger partial charge in [-0.2, -0.15) is 11.1 Å². The predicted octanol–water partition coefficient (Wildman–Crippen LogP) is 4.54. The highest BCUT2D eigenvalue weighted by atomic mass is 35.6. The molecule has 0 aromatic heterocycles. The van der Waals surface area contributed by atoms with Gasteiger partial charge in [-0.15, -0.1) is 0 Å². The third-order valence-electron chi connectivity index (χ3n) is 2.30. The smallest absolute Gasteiger partial charge is 0.150 e. The topological polar surface area (TPSA) is 9.23 Å². The summed E-state index contributed by atoms with van der Waals surface area (Å²) in [7, 11) is -1.43. The average molecular weight is 255 g/mol. The summed E-state index contributed by atoms with van der Waals surface area (Å²) in [5.74, 6) is 0.916. The molecule has 0 spiro atoms. The lowest BCUT2D eigenvalue weighted by atomic mass is 10.2. The third-order valence-corrected chi connectivity index (χ3v) is 4.41. The Balaban J connectivity index is 2.29. The van der Waals surface area contributed by atoms with Crippen molar-refractivity contribution < 1.29 is 4.74 Å². The Bertz CT molecular complexity index is 327. The minimum absolute atomic E-state index is 0.747. The van der Waals surface area contributed by atoms with Gasteiger partial charge >= 0.3 is 0 Å². The van der Waals surface area contributed by atoms with Crippen molar-refractivity contribution in [1.29, 1.82) is 0 Å². The maximum Gasteiger partial charge on any atom is 0.150 e. The molecule has 1 nitrogen and oxygen atoms in total. The Morgan fingerprint density at radius 3 is 2.44 bits per heavy atom. The van der Waals surface area contributed by atoms with Crippen LogP contribution in [0.5, 0.6) is 5.75 Å². The molecule has 0 heterocycles. The molecule has 1 aromatic carbocycles. The first-order valence-corrected chi connectivity index (χ1v) is 9.77. The highest BCUT2D eigenvalue weighted by Crippen LogP contribution is 2.17. The van der Waals surface area contributed by atoms with Gasteiger partial charge in [0.1, 0.15) is 5.75 Å². The minimum atomic E-state index is -1.43. The second-order valence-electron chi connectivity index (χ2n) is 4.44. The molecule has 0 aliphatic carbocycles. The minimum Gasteiger partial charge on any atom is -0.494 e. The van der Waals surface area contributed by atoms with Crippen LogP contribution in [0.25, 0.3) is 6.08 Å². The second kappa shape index (κ2) is 6.11. The fourth-order valence-corrected chi connectivity index (χ4v) is 2.77. The number of hydrogen-bond acceptors (Lipinski definition) is 1. The van der Waals surface area contributed by atoms with Gasteiger partial charge in [0.25, 0.3) is 0 Å². The molecular formula is C13H19ClOSi. The van der Waals surface area contributed by atoms with Crippen LogP contribution < -0.4 is 4.74 Å². The largest absolute Gasteiger partial charge is 0.494 e. The van der Waals surface area contributed by atoms with E-state index in [1.54, 1.807) is 0 Å². The molecule has 0 aliphatic heterocycles. The fourth-order valence-electron chi connectivity index (χ4n) is 1.38. The molecule has 0 bridgehead atoms. The Morgan fingerprint density at radius 2 is 1.94 bits per heavy atom. The highest BCUT2D eigenvalue weighted by molar-refractivity contribution is 7.19. The van der Waals surface area contributed by atoms with Crippen LogP contribution in [0.2, 0.25) is 19.1 Å². The molecule has 0 aliphatic rings. The van der Waals surface area contributed by atoms with Gasteiger partial charge in [0.05, 0.1) is 6.61 Å². The van der Waals surface area contributed by atoms with Crippen molar-refractivity contribution in [3.8, 4) is 5.75 Å². The summed E-state index contributed by atoms with van der Waals surface area (Å²) in [5.41, 5.74) is 1.11. The van der Waals surface area contributed by atoms with Crippen LogP contribution in [0.15, 0.2) is 30.8 Å². The van der Waals surface area contributed by atoms with Gasteiger partial charge in [-0.1, -0.05) is 37.9 Å². The third kappa shape index (κ3) is 5.38. The Kier molecular flexibility index (Phi) is 5.09. The number of rotatable bonds is 6. The first-order valence-electron chi connectivity index (χ1n) is 5.55. The van der Waals surface area contributed by atoms with Gasteiger partial charge in [0.2, 0.25) is 0 Å². The molecule has 1 aromatic rings.